The predicted octanol–water partition coefficient (Wildman–Crippen LogP) is 2.90. The molecule has 2 amide bonds. The van der Waals surface area contributed by atoms with Crippen LogP contribution < -0.4 is 5.32 Å². The third kappa shape index (κ3) is 12.8. The molecule has 0 heterocycles. The van der Waals surface area contributed by atoms with Gasteiger partial charge < -0.3 is 29.5 Å². The van der Waals surface area contributed by atoms with Crippen LogP contribution in [-0.2, 0) is 14.2 Å². The molecule has 1 aromatic carbocycles. The van der Waals surface area contributed by atoms with E-state index in [1.807, 2.05) is 20.8 Å². The number of carbonyl (C=O) groups excluding carboxylic acids is 1. The number of nitriles is 1. The van der Waals surface area contributed by atoms with Gasteiger partial charge in [-0.1, -0.05) is 5.92 Å². The van der Waals surface area contributed by atoms with Gasteiger partial charge in [0, 0.05) is 48.9 Å². The lowest BCUT2D eigenvalue weighted by Crippen LogP contribution is -2.45. The highest BCUT2D eigenvalue weighted by Gasteiger charge is 2.25. The predicted molar refractivity (Wildman–Crippen MR) is 127 cm³/mol. The van der Waals surface area contributed by atoms with Gasteiger partial charge in [0.2, 0.25) is 0 Å². The van der Waals surface area contributed by atoms with Crippen LogP contribution in [0.3, 0.4) is 0 Å². The third-order valence-corrected chi connectivity index (χ3v) is 4.62. The molecule has 0 saturated heterocycles. The quantitative estimate of drug-likeness (QED) is 0.297. The average Bonchev–Trinajstić information content (AvgIpc) is 2.79. The molecular weight excluding hydrogens is 438 g/mol. The van der Waals surface area contributed by atoms with E-state index in [9.17, 15) is 14.7 Å². The number of hydrogen-bond donors (Lipinski definition) is 2. The lowest BCUT2D eigenvalue weighted by molar-refractivity contribution is 0.0117. The largest absolute Gasteiger partial charge is 0.465 e. The first-order valence-electron chi connectivity index (χ1n) is 11.3. The Labute approximate surface area is 202 Å². The SMILES string of the molecule is CC(C)(C)N(CCCOCCOCCOCCCNC(=O)c1ccc(C#CC#N)cc1)C(=O)O. The maximum Gasteiger partial charge on any atom is 0.407 e. The maximum absolute atomic E-state index is 12.1. The number of carboxylic acid groups (broad SMARTS) is 1. The molecule has 0 aromatic heterocycles. The summed E-state index contributed by atoms with van der Waals surface area (Å²) in [5, 5.41) is 20.5. The van der Waals surface area contributed by atoms with Crippen LogP contribution in [0.15, 0.2) is 24.3 Å². The average molecular weight is 474 g/mol. The molecule has 9 nitrogen and oxygen atoms in total. The third-order valence-electron chi connectivity index (χ3n) is 4.62. The molecule has 1 rings (SSSR count). The number of nitrogens with zero attached hydrogens (tertiary/aromatic N) is 2. The summed E-state index contributed by atoms with van der Waals surface area (Å²) in [7, 11) is 0. The van der Waals surface area contributed by atoms with Gasteiger partial charge in [-0.05, 0) is 57.9 Å². The monoisotopic (exact) mass is 473 g/mol. The maximum atomic E-state index is 12.1. The van der Waals surface area contributed by atoms with Crippen LogP contribution in [0.5, 0.6) is 0 Å². The van der Waals surface area contributed by atoms with Crippen molar-refractivity contribution in [2.24, 2.45) is 0 Å². The number of nitrogens with one attached hydrogen (secondary N) is 1. The Morgan fingerprint density at radius 2 is 1.53 bits per heavy atom. The zero-order valence-electron chi connectivity index (χ0n) is 20.3. The summed E-state index contributed by atoms with van der Waals surface area (Å²) in [6.07, 6.45) is 0.390. The van der Waals surface area contributed by atoms with E-state index >= 15 is 0 Å². The standard InChI is InChI=1S/C25H35N3O6/c1-25(2,3)28(24(30)31)14-6-16-33-18-20-34-19-17-32-15-5-13-27-23(29)22-10-8-21(9-11-22)7-4-12-26/h8-11H,5-6,13-20H2,1-3H3,(H,27,29)(H,30,31). The molecule has 0 spiro atoms. The molecule has 0 saturated carbocycles. The molecule has 2 N–H and O–H groups in total. The Bertz CT molecular complexity index is 847. The van der Waals surface area contributed by atoms with E-state index in [4.69, 9.17) is 19.5 Å². The lowest BCUT2D eigenvalue weighted by atomic mass is 10.1. The van der Waals surface area contributed by atoms with Gasteiger partial charge in [0.05, 0.1) is 26.4 Å². The zero-order valence-corrected chi connectivity index (χ0v) is 20.3. The Balaban J connectivity index is 1.96. The van der Waals surface area contributed by atoms with Crippen LogP contribution in [0, 0.1) is 23.2 Å². The van der Waals surface area contributed by atoms with Crippen molar-refractivity contribution in [3.05, 3.63) is 35.4 Å². The van der Waals surface area contributed by atoms with Crippen LogP contribution in [0.25, 0.3) is 0 Å². The Morgan fingerprint density at radius 1 is 0.971 bits per heavy atom. The lowest BCUT2D eigenvalue weighted by Gasteiger charge is -2.33. The molecule has 0 aliphatic heterocycles. The summed E-state index contributed by atoms with van der Waals surface area (Å²) in [4.78, 5) is 24.7. The van der Waals surface area contributed by atoms with Crippen molar-refractivity contribution in [1.82, 2.24) is 10.2 Å². The fourth-order valence-corrected chi connectivity index (χ4v) is 2.87. The van der Waals surface area contributed by atoms with E-state index in [0.717, 1.165) is 0 Å². The fourth-order valence-electron chi connectivity index (χ4n) is 2.87. The Hall–Kier alpha value is -3.11. The fraction of sp³-hybridized carbons (Fsp3) is 0.560. The molecule has 0 atom stereocenters. The molecule has 0 unspecified atom stereocenters. The number of hydrogen-bond acceptors (Lipinski definition) is 6. The minimum Gasteiger partial charge on any atom is -0.465 e. The van der Waals surface area contributed by atoms with Gasteiger partial charge in [-0.3, -0.25) is 4.79 Å². The first-order valence-corrected chi connectivity index (χ1v) is 11.3. The topological polar surface area (TPSA) is 121 Å². The molecule has 186 valence electrons. The second kappa shape index (κ2) is 16.5. The van der Waals surface area contributed by atoms with Gasteiger partial charge in [0.15, 0.2) is 6.07 Å². The van der Waals surface area contributed by atoms with Crippen LogP contribution in [0.4, 0.5) is 4.79 Å². The van der Waals surface area contributed by atoms with Crippen molar-refractivity contribution in [3.63, 3.8) is 0 Å². The highest BCUT2D eigenvalue weighted by atomic mass is 16.5. The van der Waals surface area contributed by atoms with E-state index in [0.29, 0.717) is 76.7 Å². The van der Waals surface area contributed by atoms with Crippen molar-refractivity contribution in [2.75, 3.05) is 52.7 Å². The summed E-state index contributed by atoms with van der Waals surface area (Å²) in [5.41, 5.74) is 0.790. The normalized spacial score (nSPS) is 10.6. The highest BCUT2D eigenvalue weighted by Crippen LogP contribution is 2.13. The number of rotatable bonds is 15. The van der Waals surface area contributed by atoms with Crippen molar-refractivity contribution >= 4 is 12.0 Å². The number of ether oxygens (including phenoxy) is 3. The number of carbonyl (C=O) groups is 2. The van der Waals surface area contributed by atoms with Crippen molar-refractivity contribution < 1.29 is 28.9 Å². The van der Waals surface area contributed by atoms with Crippen molar-refractivity contribution in [3.8, 4) is 17.9 Å². The van der Waals surface area contributed by atoms with Crippen LogP contribution in [-0.4, -0.2) is 80.3 Å². The van der Waals surface area contributed by atoms with E-state index in [1.165, 1.54) is 4.90 Å². The molecule has 0 aliphatic carbocycles. The summed E-state index contributed by atoms with van der Waals surface area (Å²) < 4.78 is 16.4. The van der Waals surface area contributed by atoms with Crippen molar-refractivity contribution in [2.45, 2.75) is 39.2 Å². The highest BCUT2D eigenvalue weighted by molar-refractivity contribution is 5.94. The Kier molecular flexibility index (Phi) is 14.0. The van der Waals surface area contributed by atoms with Gasteiger partial charge in [0.1, 0.15) is 0 Å². The van der Waals surface area contributed by atoms with Crippen LogP contribution >= 0.6 is 0 Å². The number of benzene rings is 1. The van der Waals surface area contributed by atoms with E-state index in [2.05, 4.69) is 17.2 Å². The molecule has 34 heavy (non-hydrogen) atoms. The minimum atomic E-state index is -0.924. The summed E-state index contributed by atoms with van der Waals surface area (Å²) in [6.45, 7) is 9.31. The van der Waals surface area contributed by atoms with E-state index in [1.54, 1.807) is 30.3 Å². The van der Waals surface area contributed by atoms with Gasteiger partial charge in [-0.15, -0.1) is 0 Å². The first kappa shape index (κ1) is 28.9. The second-order valence-corrected chi connectivity index (χ2v) is 8.34. The van der Waals surface area contributed by atoms with Crippen LogP contribution in [0.2, 0.25) is 0 Å². The molecular formula is C25H35N3O6. The molecule has 0 fully saturated rings. The molecule has 1 aromatic rings. The summed E-state index contributed by atoms with van der Waals surface area (Å²) in [6, 6.07) is 8.50. The Morgan fingerprint density at radius 3 is 2.06 bits per heavy atom. The molecule has 9 heteroatoms. The molecule has 0 radical (unpaired) electrons. The van der Waals surface area contributed by atoms with Crippen LogP contribution in [0.1, 0.15) is 49.5 Å². The second-order valence-electron chi connectivity index (χ2n) is 8.34. The van der Waals surface area contributed by atoms with E-state index < -0.39 is 11.6 Å². The first-order chi connectivity index (χ1) is 16.3. The molecule has 0 bridgehead atoms. The van der Waals surface area contributed by atoms with Gasteiger partial charge in [-0.2, -0.15) is 5.26 Å². The number of amides is 2. The van der Waals surface area contributed by atoms with E-state index in [-0.39, 0.29) is 5.91 Å². The minimum absolute atomic E-state index is 0.169. The zero-order chi connectivity index (χ0) is 25.2. The summed E-state index contributed by atoms with van der Waals surface area (Å²) in [5.74, 6) is 4.81. The van der Waals surface area contributed by atoms with Gasteiger partial charge in [-0.25, -0.2) is 4.79 Å². The van der Waals surface area contributed by atoms with Gasteiger partial charge in [0.25, 0.3) is 5.91 Å². The van der Waals surface area contributed by atoms with Crippen molar-refractivity contribution in [1.29, 1.82) is 5.26 Å². The smallest absolute Gasteiger partial charge is 0.407 e. The summed E-state index contributed by atoms with van der Waals surface area (Å²) >= 11 is 0. The molecule has 0 aliphatic rings. The van der Waals surface area contributed by atoms with Gasteiger partial charge >= 0.3 is 6.09 Å².